The second-order valence-corrected chi connectivity index (χ2v) is 2.92. The molecule has 66 valence electrons. The van der Waals surface area contributed by atoms with Crippen LogP contribution in [0.4, 0.5) is 0 Å². The van der Waals surface area contributed by atoms with Crippen molar-refractivity contribution in [3.8, 4) is 0 Å². The molecule has 1 aliphatic rings. The number of hydrogen-bond acceptors (Lipinski definition) is 2. The highest BCUT2D eigenvalue weighted by Crippen LogP contribution is 2.17. The van der Waals surface area contributed by atoms with Crippen LogP contribution in [0.25, 0.3) is 0 Å². The largest absolute Gasteiger partial charge is 0.366 e. The Morgan fingerprint density at radius 1 is 1.50 bits per heavy atom. The van der Waals surface area contributed by atoms with Crippen molar-refractivity contribution < 1.29 is 9.53 Å². The molecule has 1 saturated heterocycles. The van der Waals surface area contributed by atoms with Crippen LogP contribution < -0.4 is 0 Å². The molecule has 0 aromatic rings. The number of allylic oxidation sites excluding steroid dienone is 1. The molecular formula is C10H14O2. The third kappa shape index (κ3) is 2.31. The Kier molecular flexibility index (Phi) is 3.23. The Balaban J connectivity index is 2.56. The standard InChI is InChI=1S/C10H14O2/c1-3-5-10-7-8(11)6-9(4-2)12-10/h3-5,9-10H,2,6-7H2,1H3/b5-3+/t9-,10+/m1/s1. The van der Waals surface area contributed by atoms with E-state index in [2.05, 4.69) is 6.58 Å². The molecule has 0 aromatic carbocycles. The molecule has 2 nitrogen and oxygen atoms in total. The minimum atomic E-state index is -0.0903. The number of rotatable bonds is 2. The van der Waals surface area contributed by atoms with Crippen molar-refractivity contribution in [2.45, 2.75) is 32.0 Å². The van der Waals surface area contributed by atoms with Gasteiger partial charge in [0.25, 0.3) is 0 Å². The van der Waals surface area contributed by atoms with Crippen molar-refractivity contribution in [3.63, 3.8) is 0 Å². The summed E-state index contributed by atoms with van der Waals surface area (Å²) < 4.78 is 5.52. The van der Waals surface area contributed by atoms with E-state index in [1.54, 1.807) is 6.08 Å². The van der Waals surface area contributed by atoms with Crippen molar-refractivity contribution in [1.82, 2.24) is 0 Å². The first-order valence-corrected chi connectivity index (χ1v) is 4.18. The number of carbonyl (C=O) groups is 1. The monoisotopic (exact) mass is 166 g/mol. The van der Waals surface area contributed by atoms with Gasteiger partial charge in [-0.1, -0.05) is 18.2 Å². The smallest absolute Gasteiger partial charge is 0.138 e. The molecule has 0 spiro atoms. The highest BCUT2D eigenvalue weighted by molar-refractivity contribution is 5.80. The summed E-state index contributed by atoms with van der Waals surface area (Å²) in [5.41, 5.74) is 0. The maximum Gasteiger partial charge on any atom is 0.138 e. The predicted octanol–water partition coefficient (Wildman–Crippen LogP) is 1.87. The molecule has 12 heavy (non-hydrogen) atoms. The SMILES string of the molecule is C=C[C@@H]1CC(=O)C[C@H](/C=C/C)O1. The summed E-state index contributed by atoms with van der Waals surface area (Å²) in [4.78, 5) is 11.2. The minimum absolute atomic E-state index is 0.0424. The zero-order chi connectivity index (χ0) is 8.97. The van der Waals surface area contributed by atoms with Gasteiger partial charge in [0, 0.05) is 12.8 Å². The van der Waals surface area contributed by atoms with Crippen LogP contribution in [0.1, 0.15) is 19.8 Å². The quantitative estimate of drug-likeness (QED) is 0.585. The topological polar surface area (TPSA) is 26.3 Å². The van der Waals surface area contributed by atoms with Gasteiger partial charge in [-0.2, -0.15) is 0 Å². The van der Waals surface area contributed by atoms with E-state index in [1.807, 2.05) is 19.1 Å². The molecule has 0 saturated carbocycles. The summed E-state index contributed by atoms with van der Waals surface area (Å²) in [5.74, 6) is 0.259. The molecule has 0 bridgehead atoms. The van der Waals surface area contributed by atoms with Crippen LogP contribution in [0.3, 0.4) is 0 Å². The lowest BCUT2D eigenvalue weighted by Gasteiger charge is -2.24. The van der Waals surface area contributed by atoms with Crippen LogP contribution in [0.5, 0.6) is 0 Å². The molecule has 0 unspecified atom stereocenters. The highest BCUT2D eigenvalue weighted by atomic mass is 16.5. The number of hydrogen-bond donors (Lipinski definition) is 0. The van der Waals surface area contributed by atoms with Crippen LogP contribution >= 0.6 is 0 Å². The number of carbonyl (C=O) groups excluding carboxylic acids is 1. The van der Waals surface area contributed by atoms with Gasteiger partial charge in [0.15, 0.2) is 0 Å². The Morgan fingerprint density at radius 3 is 2.75 bits per heavy atom. The second kappa shape index (κ2) is 4.21. The summed E-state index contributed by atoms with van der Waals surface area (Å²) in [7, 11) is 0. The van der Waals surface area contributed by atoms with Gasteiger partial charge in [0.1, 0.15) is 5.78 Å². The number of ketones is 1. The second-order valence-electron chi connectivity index (χ2n) is 2.92. The van der Waals surface area contributed by atoms with Gasteiger partial charge < -0.3 is 4.74 Å². The van der Waals surface area contributed by atoms with Crippen LogP contribution in [-0.4, -0.2) is 18.0 Å². The van der Waals surface area contributed by atoms with Crippen LogP contribution in [-0.2, 0) is 9.53 Å². The first kappa shape index (κ1) is 9.20. The molecule has 0 amide bonds. The molecule has 0 aromatic heterocycles. The molecule has 0 aliphatic carbocycles. The van der Waals surface area contributed by atoms with Crippen LogP contribution in [0.2, 0.25) is 0 Å². The van der Waals surface area contributed by atoms with E-state index in [0.29, 0.717) is 12.8 Å². The zero-order valence-electron chi connectivity index (χ0n) is 7.32. The fourth-order valence-electron chi connectivity index (χ4n) is 1.32. The molecule has 1 fully saturated rings. The summed E-state index contributed by atoms with van der Waals surface area (Å²) in [5, 5.41) is 0. The Morgan fingerprint density at radius 2 is 2.17 bits per heavy atom. The lowest BCUT2D eigenvalue weighted by Crippen LogP contribution is -2.30. The van der Waals surface area contributed by atoms with Gasteiger partial charge in [0.2, 0.25) is 0 Å². The Bertz CT molecular complexity index is 206. The number of Topliss-reactive ketones (excluding diaryl/α,β-unsaturated/α-hetero) is 1. The fraction of sp³-hybridized carbons (Fsp3) is 0.500. The van der Waals surface area contributed by atoms with E-state index < -0.39 is 0 Å². The van der Waals surface area contributed by atoms with Crippen molar-refractivity contribution in [1.29, 1.82) is 0 Å². The van der Waals surface area contributed by atoms with Gasteiger partial charge in [-0.05, 0) is 6.92 Å². The van der Waals surface area contributed by atoms with E-state index in [9.17, 15) is 4.79 Å². The molecule has 0 radical (unpaired) electrons. The maximum atomic E-state index is 11.2. The predicted molar refractivity (Wildman–Crippen MR) is 47.9 cm³/mol. The van der Waals surface area contributed by atoms with Gasteiger partial charge in [0.05, 0.1) is 12.2 Å². The van der Waals surface area contributed by atoms with E-state index in [0.717, 1.165) is 0 Å². The average Bonchev–Trinajstić information content (AvgIpc) is 2.04. The first-order chi connectivity index (χ1) is 5.76. The van der Waals surface area contributed by atoms with Crippen LogP contribution in [0, 0.1) is 0 Å². The first-order valence-electron chi connectivity index (χ1n) is 4.18. The molecule has 1 heterocycles. The highest BCUT2D eigenvalue weighted by Gasteiger charge is 2.23. The fourth-order valence-corrected chi connectivity index (χ4v) is 1.32. The lowest BCUT2D eigenvalue weighted by atomic mass is 10.0. The third-order valence-corrected chi connectivity index (χ3v) is 1.88. The van der Waals surface area contributed by atoms with E-state index in [1.165, 1.54) is 0 Å². The van der Waals surface area contributed by atoms with Crippen molar-refractivity contribution in [2.75, 3.05) is 0 Å². The molecule has 2 heteroatoms. The van der Waals surface area contributed by atoms with E-state index in [-0.39, 0.29) is 18.0 Å². The number of ether oxygens (including phenoxy) is 1. The van der Waals surface area contributed by atoms with Crippen molar-refractivity contribution in [2.24, 2.45) is 0 Å². The van der Waals surface area contributed by atoms with E-state index in [4.69, 9.17) is 4.74 Å². The molecular weight excluding hydrogens is 152 g/mol. The average molecular weight is 166 g/mol. The molecule has 2 atom stereocenters. The summed E-state index contributed by atoms with van der Waals surface area (Å²) in [6.45, 7) is 5.53. The van der Waals surface area contributed by atoms with Gasteiger partial charge in [-0.25, -0.2) is 0 Å². The van der Waals surface area contributed by atoms with Crippen LogP contribution in [0.15, 0.2) is 24.8 Å². The molecule has 0 N–H and O–H groups in total. The maximum absolute atomic E-state index is 11.2. The summed E-state index contributed by atoms with van der Waals surface area (Å²) >= 11 is 0. The summed E-state index contributed by atoms with van der Waals surface area (Å²) in [6, 6.07) is 0. The third-order valence-electron chi connectivity index (χ3n) is 1.88. The Labute approximate surface area is 72.9 Å². The van der Waals surface area contributed by atoms with Crippen molar-refractivity contribution >= 4 is 5.78 Å². The van der Waals surface area contributed by atoms with Crippen molar-refractivity contribution in [3.05, 3.63) is 24.8 Å². The summed E-state index contributed by atoms with van der Waals surface area (Å²) in [6.07, 6.45) is 6.36. The van der Waals surface area contributed by atoms with Gasteiger partial charge >= 0.3 is 0 Å². The molecule has 1 aliphatic heterocycles. The lowest BCUT2D eigenvalue weighted by molar-refractivity contribution is -0.129. The normalized spacial score (nSPS) is 30.9. The minimum Gasteiger partial charge on any atom is -0.366 e. The van der Waals surface area contributed by atoms with Gasteiger partial charge in [-0.3, -0.25) is 4.79 Å². The van der Waals surface area contributed by atoms with Gasteiger partial charge in [-0.15, -0.1) is 6.58 Å². The Hall–Kier alpha value is -0.890. The zero-order valence-corrected chi connectivity index (χ0v) is 7.32. The molecule has 1 rings (SSSR count). The van der Waals surface area contributed by atoms with E-state index >= 15 is 0 Å².